The molecule has 1 aromatic carbocycles. The van der Waals surface area contributed by atoms with Gasteiger partial charge in [0.15, 0.2) is 0 Å². The number of hydrogen-bond acceptors (Lipinski definition) is 0. The maximum absolute atomic E-state index is 2.17. The highest BCUT2D eigenvalue weighted by Gasteiger charge is 1.76. The summed E-state index contributed by atoms with van der Waals surface area (Å²) in [5, 5.41) is 0. The molecule has 0 heterocycles. The van der Waals surface area contributed by atoms with Crippen LogP contribution in [0.4, 0.5) is 0 Å². The van der Waals surface area contributed by atoms with Crippen molar-refractivity contribution in [3.8, 4) is 0 Å². The van der Waals surface area contributed by atoms with Crippen LogP contribution in [0.15, 0.2) is 24.3 Å². The van der Waals surface area contributed by atoms with Crippen LogP contribution in [0.1, 0.15) is 5.56 Å². The monoisotopic (exact) mass is 117 g/mol. The topological polar surface area (TPSA) is 0 Å². The summed E-state index contributed by atoms with van der Waals surface area (Å²) in [4.78, 5) is 0. The maximum Gasteiger partial charge on any atom is -0.0399 e. The van der Waals surface area contributed by atoms with E-state index >= 15 is 0 Å². The molecule has 0 amide bonds. The van der Waals surface area contributed by atoms with Gasteiger partial charge in [0, 0.05) is 0 Å². The van der Waals surface area contributed by atoms with E-state index in [-0.39, 0.29) is 0 Å². The molecule has 0 unspecified atom stereocenters. The molecule has 0 bridgehead atoms. The van der Waals surface area contributed by atoms with Crippen LogP contribution in [-0.4, -0.2) is 7.28 Å². The molecule has 0 aliphatic rings. The van der Waals surface area contributed by atoms with Crippen molar-refractivity contribution >= 4 is 12.7 Å². The van der Waals surface area contributed by atoms with Gasteiger partial charge in [0.1, 0.15) is 0 Å². The van der Waals surface area contributed by atoms with E-state index in [2.05, 4.69) is 45.3 Å². The van der Waals surface area contributed by atoms with Crippen molar-refractivity contribution in [3.63, 3.8) is 0 Å². The molecule has 0 aromatic heterocycles. The van der Waals surface area contributed by atoms with Gasteiger partial charge in [0.2, 0.25) is 0 Å². The highest BCUT2D eigenvalue weighted by atomic mass is 13.8. The SMILES string of the molecule is C[B-]c1cccc(C)c1. The van der Waals surface area contributed by atoms with E-state index in [1.165, 1.54) is 11.0 Å². The first-order chi connectivity index (χ1) is 4.33. The molecule has 0 N–H and O–H groups in total. The molecular formula is C8H10B-. The minimum atomic E-state index is 1.30. The average Bonchev–Trinajstić information content (AvgIpc) is 1.88. The van der Waals surface area contributed by atoms with Gasteiger partial charge in [-0.25, -0.2) is 6.82 Å². The lowest BCUT2D eigenvalue weighted by atomic mass is 9.73. The van der Waals surface area contributed by atoms with Gasteiger partial charge in [-0.2, -0.15) is 0 Å². The van der Waals surface area contributed by atoms with Crippen molar-refractivity contribution in [2.75, 3.05) is 0 Å². The van der Waals surface area contributed by atoms with Crippen LogP contribution >= 0.6 is 0 Å². The van der Waals surface area contributed by atoms with Crippen molar-refractivity contribution in [2.24, 2.45) is 0 Å². The lowest BCUT2D eigenvalue weighted by Crippen LogP contribution is -2.09. The standard InChI is InChI=1S/C8H10B/c1-7-4-3-5-8(6-7)9-2/h3-6H,1-2H3/q-1. The fourth-order valence-electron chi connectivity index (χ4n) is 0.850. The van der Waals surface area contributed by atoms with Gasteiger partial charge in [0.25, 0.3) is 0 Å². The number of benzene rings is 1. The van der Waals surface area contributed by atoms with Gasteiger partial charge in [-0.15, -0.1) is 12.1 Å². The summed E-state index contributed by atoms with van der Waals surface area (Å²) in [5.74, 6) is 0. The van der Waals surface area contributed by atoms with Crippen molar-refractivity contribution in [1.82, 2.24) is 0 Å². The number of rotatable bonds is 1. The Kier molecular flexibility index (Phi) is 1.94. The van der Waals surface area contributed by atoms with Crippen molar-refractivity contribution < 1.29 is 0 Å². The zero-order valence-electron chi connectivity index (χ0n) is 5.89. The third-order valence-electron chi connectivity index (χ3n) is 1.38. The predicted octanol–water partition coefficient (Wildman–Crippen LogP) is 1.37. The van der Waals surface area contributed by atoms with Gasteiger partial charge in [-0.1, -0.05) is 17.7 Å². The van der Waals surface area contributed by atoms with Crippen LogP contribution < -0.4 is 5.46 Å². The van der Waals surface area contributed by atoms with E-state index in [0.717, 1.165) is 0 Å². The zero-order chi connectivity index (χ0) is 6.69. The van der Waals surface area contributed by atoms with Gasteiger partial charge >= 0.3 is 0 Å². The van der Waals surface area contributed by atoms with Crippen molar-refractivity contribution in [3.05, 3.63) is 29.8 Å². The average molecular weight is 117 g/mol. The summed E-state index contributed by atoms with van der Waals surface area (Å²) < 4.78 is 0. The minimum Gasteiger partial charge on any atom is -0.301 e. The Labute approximate surface area is 57.1 Å². The second-order valence-corrected chi connectivity index (χ2v) is 2.20. The van der Waals surface area contributed by atoms with E-state index in [4.69, 9.17) is 0 Å². The maximum atomic E-state index is 2.17. The van der Waals surface area contributed by atoms with Gasteiger partial charge in [-0.05, 0) is 6.92 Å². The lowest BCUT2D eigenvalue weighted by molar-refractivity contribution is 1.49. The number of hydrogen-bond donors (Lipinski definition) is 0. The molecule has 1 heteroatoms. The summed E-state index contributed by atoms with van der Waals surface area (Å²) in [6.07, 6.45) is 0. The van der Waals surface area contributed by atoms with Crippen LogP contribution in [-0.2, 0) is 0 Å². The molecule has 46 valence electrons. The molecule has 2 radical (unpaired) electrons. The molecule has 0 fully saturated rings. The second kappa shape index (κ2) is 2.72. The molecule has 0 nitrogen and oxygen atoms in total. The van der Waals surface area contributed by atoms with Gasteiger partial charge in [0.05, 0.1) is 0 Å². The van der Waals surface area contributed by atoms with Crippen molar-refractivity contribution in [2.45, 2.75) is 13.7 Å². The normalized spacial score (nSPS) is 9.56. The highest BCUT2D eigenvalue weighted by molar-refractivity contribution is 6.51. The molecule has 0 aliphatic carbocycles. The van der Waals surface area contributed by atoms with Crippen LogP contribution in [0.3, 0.4) is 0 Å². The molecule has 0 saturated carbocycles. The Morgan fingerprint density at radius 2 is 2.11 bits per heavy atom. The molecule has 0 atom stereocenters. The van der Waals surface area contributed by atoms with E-state index in [9.17, 15) is 0 Å². The quantitative estimate of drug-likeness (QED) is 0.487. The molecular weight excluding hydrogens is 107 g/mol. The summed E-state index contributed by atoms with van der Waals surface area (Å²) >= 11 is 0. The summed E-state index contributed by atoms with van der Waals surface area (Å²) in [7, 11) is 2.10. The Balaban J connectivity index is 2.94. The Bertz CT molecular complexity index is 194. The second-order valence-electron chi connectivity index (χ2n) is 2.20. The largest absolute Gasteiger partial charge is 0.301 e. The molecule has 0 aliphatic heterocycles. The summed E-state index contributed by atoms with van der Waals surface area (Å²) in [5.41, 5.74) is 2.63. The van der Waals surface area contributed by atoms with E-state index in [1.54, 1.807) is 0 Å². The van der Waals surface area contributed by atoms with Gasteiger partial charge < -0.3 is 7.28 Å². The fraction of sp³-hybridized carbons (Fsp3) is 0.250. The zero-order valence-corrected chi connectivity index (χ0v) is 5.89. The van der Waals surface area contributed by atoms with Crippen LogP contribution in [0.5, 0.6) is 0 Å². The highest BCUT2D eigenvalue weighted by Crippen LogP contribution is 1.91. The van der Waals surface area contributed by atoms with Crippen molar-refractivity contribution in [1.29, 1.82) is 0 Å². The molecule has 1 aromatic rings. The molecule has 0 saturated heterocycles. The Morgan fingerprint density at radius 1 is 1.33 bits per heavy atom. The lowest BCUT2D eigenvalue weighted by Gasteiger charge is -2.08. The van der Waals surface area contributed by atoms with E-state index in [0.29, 0.717) is 0 Å². The number of aryl methyl sites for hydroxylation is 1. The van der Waals surface area contributed by atoms with E-state index in [1.807, 2.05) is 0 Å². The summed E-state index contributed by atoms with van der Waals surface area (Å²) in [6, 6.07) is 8.45. The molecule has 1 rings (SSSR count). The smallest absolute Gasteiger partial charge is 0.0399 e. The first kappa shape index (κ1) is 6.41. The van der Waals surface area contributed by atoms with Crippen LogP contribution in [0.25, 0.3) is 0 Å². The third kappa shape index (κ3) is 1.60. The molecule has 9 heavy (non-hydrogen) atoms. The fourth-order valence-corrected chi connectivity index (χ4v) is 0.850. The molecule has 0 spiro atoms. The van der Waals surface area contributed by atoms with E-state index < -0.39 is 0 Å². The first-order valence-electron chi connectivity index (χ1n) is 3.19. The minimum absolute atomic E-state index is 1.30. The first-order valence-corrected chi connectivity index (χ1v) is 3.19. The predicted molar refractivity (Wildman–Crippen MR) is 42.4 cm³/mol. The third-order valence-corrected chi connectivity index (χ3v) is 1.38. The summed E-state index contributed by atoms with van der Waals surface area (Å²) in [6.45, 7) is 4.15. The Hall–Kier alpha value is -0.715. The Morgan fingerprint density at radius 3 is 2.56 bits per heavy atom. The van der Waals surface area contributed by atoms with Crippen LogP contribution in [0.2, 0.25) is 6.82 Å². The van der Waals surface area contributed by atoms with Crippen LogP contribution in [0, 0.1) is 6.92 Å². The van der Waals surface area contributed by atoms with Gasteiger partial charge in [-0.3, -0.25) is 5.46 Å².